The molecule has 30 heavy (non-hydrogen) atoms. The third kappa shape index (κ3) is 5.57. The first-order chi connectivity index (χ1) is 14.1. The molecule has 0 saturated carbocycles. The summed E-state index contributed by atoms with van der Waals surface area (Å²) in [7, 11) is -1.61. The van der Waals surface area contributed by atoms with Crippen molar-refractivity contribution in [3.63, 3.8) is 0 Å². The lowest BCUT2D eigenvalue weighted by atomic mass is 10.1. The first kappa shape index (κ1) is 23.8. The van der Waals surface area contributed by atoms with Crippen molar-refractivity contribution in [2.45, 2.75) is 44.7 Å². The van der Waals surface area contributed by atoms with Crippen LogP contribution in [0.1, 0.15) is 25.1 Å². The third-order valence-electron chi connectivity index (χ3n) is 4.42. The molecule has 1 aromatic rings. The van der Waals surface area contributed by atoms with Crippen LogP contribution in [0.4, 0.5) is 0 Å². The summed E-state index contributed by atoms with van der Waals surface area (Å²) >= 11 is 0. The molecule has 2 N–H and O–H groups in total. The van der Waals surface area contributed by atoms with Crippen molar-refractivity contribution in [3.8, 4) is 0 Å². The van der Waals surface area contributed by atoms with Crippen LogP contribution in [-0.4, -0.2) is 54.5 Å². The first-order valence-electron chi connectivity index (χ1n) is 8.81. The highest BCUT2D eigenvalue weighted by atomic mass is 31.2. The van der Waals surface area contributed by atoms with E-state index in [0.29, 0.717) is 5.56 Å². The minimum absolute atomic E-state index is 0.118. The molecule has 1 aliphatic heterocycles. The van der Waals surface area contributed by atoms with Gasteiger partial charge in [0.25, 0.3) is 5.56 Å². The monoisotopic (exact) mass is 446 g/mol. The Balaban J connectivity index is 2.16. The van der Waals surface area contributed by atoms with E-state index in [-0.39, 0.29) is 13.0 Å². The normalized spacial score (nSPS) is 23.9. The average Bonchev–Trinajstić information content (AvgIpc) is 3.11. The standard InChI is InChI=1S/C15H23N6O8P/c1-8-6-21(15(24)17-13(8)22)12-5-10(18-20-16)11(29-12)7-28-30(25,27-4)19-9(2)14(23)26-3/h6,9-12H,5,7H2,1-4H3,(H,19,25)(H,17,22,24)/t9-,10-,11+,12+,30?/m0/s1. The van der Waals surface area contributed by atoms with E-state index in [9.17, 15) is 18.9 Å². The van der Waals surface area contributed by atoms with Crippen LogP contribution < -0.4 is 16.3 Å². The largest absolute Gasteiger partial charge is 0.468 e. The van der Waals surface area contributed by atoms with Gasteiger partial charge in [0.15, 0.2) is 0 Å². The van der Waals surface area contributed by atoms with Crippen LogP contribution in [0, 0.1) is 6.92 Å². The number of aromatic amines is 1. The van der Waals surface area contributed by atoms with Crippen LogP contribution >= 0.6 is 7.75 Å². The Hall–Kier alpha value is -2.47. The number of esters is 1. The summed E-state index contributed by atoms with van der Waals surface area (Å²) in [6.07, 6.45) is -0.265. The Labute approximate surface area is 170 Å². The van der Waals surface area contributed by atoms with E-state index < -0.39 is 49.4 Å². The Bertz CT molecular complexity index is 986. The van der Waals surface area contributed by atoms with Crippen molar-refractivity contribution < 1.29 is 27.9 Å². The number of nitrogens with one attached hydrogen (secondary N) is 2. The highest BCUT2D eigenvalue weighted by Crippen LogP contribution is 2.44. The van der Waals surface area contributed by atoms with E-state index in [0.717, 1.165) is 7.11 Å². The summed E-state index contributed by atoms with van der Waals surface area (Å²) in [4.78, 5) is 40.1. The molecule has 166 valence electrons. The predicted octanol–water partition coefficient (Wildman–Crippen LogP) is 0.734. The lowest BCUT2D eigenvalue weighted by Crippen LogP contribution is -2.35. The van der Waals surface area contributed by atoms with E-state index in [4.69, 9.17) is 19.3 Å². The molecule has 0 aromatic carbocycles. The van der Waals surface area contributed by atoms with Crippen molar-refractivity contribution in [2.24, 2.45) is 5.11 Å². The second-order valence-electron chi connectivity index (χ2n) is 6.47. The summed E-state index contributed by atoms with van der Waals surface area (Å²) in [5.41, 5.74) is 7.91. The van der Waals surface area contributed by atoms with Gasteiger partial charge < -0.3 is 14.0 Å². The predicted molar refractivity (Wildman–Crippen MR) is 103 cm³/mol. The maximum absolute atomic E-state index is 12.7. The number of nitrogens with zero attached hydrogens (tertiary/aromatic N) is 4. The van der Waals surface area contributed by atoms with E-state index in [1.54, 1.807) is 0 Å². The van der Waals surface area contributed by atoms with E-state index >= 15 is 0 Å². The van der Waals surface area contributed by atoms with E-state index in [1.165, 1.54) is 31.7 Å². The van der Waals surface area contributed by atoms with E-state index in [1.807, 2.05) is 0 Å². The van der Waals surface area contributed by atoms with Crippen LogP contribution in [0.3, 0.4) is 0 Å². The van der Waals surface area contributed by atoms with Gasteiger partial charge in [0.05, 0.1) is 25.9 Å². The molecule has 1 unspecified atom stereocenters. The summed E-state index contributed by atoms with van der Waals surface area (Å²) in [5, 5.41) is 6.06. The number of hydrogen-bond donors (Lipinski definition) is 2. The Morgan fingerprint density at radius 3 is 2.83 bits per heavy atom. The molecule has 1 aliphatic rings. The summed E-state index contributed by atoms with van der Waals surface area (Å²) < 4.78 is 34.4. The fraction of sp³-hybridized carbons (Fsp3) is 0.667. The van der Waals surface area contributed by atoms with Gasteiger partial charge in [-0.05, 0) is 19.4 Å². The zero-order valence-corrected chi connectivity index (χ0v) is 17.7. The van der Waals surface area contributed by atoms with E-state index in [2.05, 4.69) is 24.8 Å². The molecule has 1 aromatic heterocycles. The minimum Gasteiger partial charge on any atom is -0.468 e. The molecule has 15 heteroatoms. The molecule has 1 fully saturated rings. The van der Waals surface area contributed by atoms with Crippen molar-refractivity contribution in [1.29, 1.82) is 0 Å². The zero-order chi connectivity index (χ0) is 22.5. The maximum atomic E-state index is 12.7. The molecule has 2 rings (SSSR count). The molecule has 2 heterocycles. The van der Waals surface area contributed by atoms with Gasteiger partial charge in [-0.15, -0.1) is 0 Å². The van der Waals surface area contributed by atoms with Crippen molar-refractivity contribution >= 4 is 13.7 Å². The van der Waals surface area contributed by atoms with Crippen molar-refractivity contribution in [2.75, 3.05) is 20.8 Å². The Morgan fingerprint density at radius 1 is 1.53 bits per heavy atom. The topological polar surface area (TPSA) is 187 Å². The average molecular weight is 446 g/mol. The lowest BCUT2D eigenvalue weighted by Gasteiger charge is -2.23. The van der Waals surface area contributed by atoms with Crippen LogP contribution in [-0.2, 0) is 27.9 Å². The minimum atomic E-state index is -3.92. The molecule has 0 spiro atoms. The van der Waals surface area contributed by atoms with Gasteiger partial charge in [0.1, 0.15) is 12.3 Å². The van der Waals surface area contributed by atoms with Gasteiger partial charge in [-0.2, -0.15) is 0 Å². The molecule has 0 radical (unpaired) electrons. The quantitative estimate of drug-likeness (QED) is 0.181. The number of ether oxygens (including phenoxy) is 2. The van der Waals surface area contributed by atoms with Gasteiger partial charge in [-0.25, -0.2) is 14.4 Å². The van der Waals surface area contributed by atoms with Crippen LogP contribution in [0.2, 0.25) is 0 Å². The maximum Gasteiger partial charge on any atom is 0.406 e. The number of H-pyrrole nitrogens is 1. The highest BCUT2D eigenvalue weighted by Gasteiger charge is 2.39. The lowest BCUT2D eigenvalue weighted by molar-refractivity contribution is -0.142. The van der Waals surface area contributed by atoms with Crippen molar-refractivity contribution in [1.82, 2.24) is 14.6 Å². The summed E-state index contributed by atoms with van der Waals surface area (Å²) in [5.74, 6) is -0.673. The Kier molecular flexibility index (Phi) is 7.96. The number of aryl methyl sites for hydroxylation is 1. The number of methoxy groups -OCH3 is 1. The molecule has 0 aliphatic carbocycles. The Morgan fingerprint density at radius 2 is 2.23 bits per heavy atom. The molecular weight excluding hydrogens is 423 g/mol. The molecule has 14 nitrogen and oxygen atoms in total. The molecular formula is C15H23N6O8P. The molecule has 0 bridgehead atoms. The van der Waals surface area contributed by atoms with Gasteiger partial charge in [0.2, 0.25) is 0 Å². The number of carbonyl (C=O) groups is 1. The second-order valence-corrected chi connectivity index (χ2v) is 8.34. The first-order valence-corrected chi connectivity index (χ1v) is 10.4. The number of aromatic nitrogens is 2. The number of rotatable bonds is 9. The SMILES string of the molecule is COC(=O)[C@H](C)NP(=O)(OC)OC[C@H]1O[C@@H](n2cc(C)c(=O)[nH]c2=O)C[C@@H]1N=[N+]=[N-]. The fourth-order valence-corrected chi connectivity index (χ4v) is 4.01. The molecule has 5 atom stereocenters. The second kappa shape index (κ2) is 10.0. The van der Waals surface area contributed by atoms with Crippen molar-refractivity contribution in [3.05, 3.63) is 43.0 Å². The van der Waals surface area contributed by atoms with Gasteiger partial charge in [0, 0.05) is 30.2 Å². The number of azide groups is 1. The molecule has 1 saturated heterocycles. The van der Waals surface area contributed by atoms with Gasteiger partial charge in [-0.1, -0.05) is 5.11 Å². The smallest absolute Gasteiger partial charge is 0.406 e. The fourth-order valence-electron chi connectivity index (χ4n) is 2.80. The van der Waals surface area contributed by atoms with Gasteiger partial charge >= 0.3 is 19.4 Å². The number of carbonyl (C=O) groups excluding carboxylic acids is 1. The van der Waals surface area contributed by atoms with Crippen LogP contribution in [0.15, 0.2) is 20.9 Å². The zero-order valence-electron chi connectivity index (χ0n) is 16.8. The number of hydrogen-bond acceptors (Lipinski definition) is 9. The van der Waals surface area contributed by atoms with Crippen LogP contribution in [0.5, 0.6) is 0 Å². The van der Waals surface area contributed by atoms with Crippen LogP contribution in [0.25, 0.3) is 10.4 Å². The highest BCUT2D eigenvalue weighted by molar-refractivity contribution is 7.51. The molecule has 0 amide bonds. The van der Waals surface area contributed by atoms with Gasteiger partial charge in [-0.3, -0.25) is 23.7 Å². The third-order valence-corrected chi connectivity index (χ3v) is 6.09. The summed E-state index contributed by atoms with van der Waals surface area (Å²) in [6, 6.07) is -1.73. The summed E-state index contributed by atoms with van der Waals surface area (Å²) in [6.45, 7) is 2.61.